The van der Waals surface area contributed by atoms with Gasteiger partial charge in [0.15, 0.2) is 0 Å². The lowest BCUT2D eigenvalue weighted by atomic mass is 9.92. The van der Waals surface area contributed by atoms with Gasteiger partial charge in [-0.15, -0.1) is 0 Å². The fraction of sp³-hybridized carbons (Fsp3) is 0.588. The van der Waals surface area contributed by atoms with Crippen LogP contribution in [0.15, 0.2) is 18.2 Å². The molecule has 1 aromatic carbocycles. The first kappa shape index (κ1) is 16.6. The van der Waals surface area contributed by atoms with Crippen molar-refractivity contribution in [1.82, 2.24) is 10.2 Å². The number of amides is 2. The van der Waals surface area contributed by atoms with Gasteiger partial charge in [-0.2, -0.15) is 0 Å². The number of nitrogens with zero attached hydrogens (tertiary/aromatic N) is 1. The summed E-state index contributed by atoms with van der Waals surface area (Å²) in [6.07, 6.45) is 1.43. The van der Waals surface area contributed by atoms with Gasteiger partial charge in [0.05, 0.1) is 13.2 Å². The largest absolute Gasteiger partial charge is 0.496 e. The number of hydrogen-bond donors (Lipinski definition) is 2. The van der Waals surface area contributed by atoms with Gasteiger partial charge in [-0.1, -0.05) is 12.1 Å². The maximum atomic E-state index is 12.2. The molecule has 22 heavy (non-hydrogen) atoms. The highest BCUT2D eigenvalue weighted by Crippen LogP contribution is 2.22. The number of piperidine rings is 1. The minimum absolute atomic E-state index is 0.0494. The second-order valence-corrected chi connectivity index (χ2v) is 6.04. The minimum Gasteiger partial charge on any atom is -0.496 e. The molecular formula is C17H26N2O3. The molecule has 0 radical (unpaired) electrons. The Kier molecular flexibility index (Phi) is 5.66. The number of likely N-dealkylation sites (tertiary alicyclic amines) is 1. The van der Waals surface area contributed by atoms with E-state index in [-0.39, 0.29) is 12.1 Å². The summed E-state index contributed by atoms with van der Waals surface area (Å²) in [7, 11) is 1.64. The molecule has 1 unspecified atom stereocenters. The van der Waals surface area contributed by atoms with E-state index in [2.05, 4.69) is 5.32 Å². The zero-order chi connectivity index (χ0) is 16.1. The molecule has 1 aromatic rings. The molecule has 2 amide bonds. The summed E-state index contributed by atoms with van der Waals surface area (Å²) in [5, 5.41) is 12.6. The number of nitrogens with one attached hydrogen (secondary N) is 1. The number of benzene rings is 1. The molecule has 0 bridgehead atoms. The monoisotopic (exact) mass is 306 g/mol. The average molecular weight is 306 g/mol. The lowest BCUT2D eigenvalue weighted by Crippen LogP contribution is -2.45. The summed E-state index contributed by atoms with van der Waals surface area (Å²) in [5.74, 6) is 1.11. The molecule has 0 saturated carbocycles. The third kappa shape index (κ3) is 4.13. The van der Waals surface area contributed by atoms with Crippen molar-refractivity contribution in [2.75, 3.05) is 20.2 Å². The van der Waals surface area contributed by atoms with Crippen LogP contribution in [0, 0.1) is 12.8 Å². The van der Waals surface area contributed by atoms with Crippen LogP contribution in [-0.4, -0.2) is 42.3 Å². The van der Waals surface area contributed by atoms with Gasteiger partial charge in [-0.05, 0) is 44.2 Å². The number of aliphatic hydroxyl groups excluding tert-OH is 1. The highest BCUT2D eigenvalue weighted by molar-refractivity contribution is 5.74. The number of urea groups is 1. The topological polar surface area (TPSA) is 61.8 Å². The Bertz CT molecular complexity index is 509. The van der Waals surface area contributed by atoms with Crippen molar-refractivity contribution in [2.45, 2.75) is 39.3 Å². The predicted molar refractivity (Wildman–Crippen MR) is 85.9 cm³/mol. The van der Waals surface area contributed by atoms with Gasteiger partial charge < -0.3 is 20.1 Å². The number of carbonyl (C=O) groups is 1. The molecule has 1 fully saturated rings. The molecule has 2 N–H and O–H groups in total. The molecule has 1 aliphatic heterocycles. The van der Waals surface area contributed by atoms with Gasteiger partial charge in [0.2, 0.25) is 0 Å². The number of hydrogen-bond acceptors (Lipinski definition) is 3. The van der Waals surface area contributed by atoms with E-state index < -0.39 is 0 Å². The summed E-state index contributed by atoms with van der Waals surface area (Å²) in [6.45, 7) is 5.69. The molecule has 1 aliphatic rings. The number of aliphatic hydroxyl groups is 1. The Balaban J connectivity index is 1.86. The second kappa shape index (κ2) is 7.49. The maximum Gasteiger partial charge on any atom is 0.317 e. The number of ether oxygens (including phenoxy) is 1. The Morgan fingerprint density at radius 3 is 2.73 bits per heavy atom. The number of rotatable bonds is 4. The van der Waals surface area contributed by atoms with Gasteiger partial charge in [-0.3, -0.25) is 0 Å². The minimum atomic E-state index is -0.290. The van der Waals surface area contributed by atoms with Crippen molar-refractivity contribution < 1.29 is 14.6 Å². The second-order valence-electron chi connectivity index (χ2n) is 6.04. The van der Waals surface area contributed by atoms with E-state index in [4.69, 9.17) is 4.74 Å². The van der Waals surface area contributed by atoms with Crippen molar-refractivity contribution >= 4 is 6.03 Å². The first-order valence-electron chi connectivity index (χ1n) is 7.85. The van der Waals surface area contributed by atoms with Crippen molar-refractivity contribution in [3.8, 4) is 5.75 Å². The number of carbonyl (C=O) groups excluding carboxylic acids is 1. The number of methoxy groups -OCH3 is 1. The molecule has 1 saturated heterocycles. The quantitative estimate of drug-likeness (QED) is 0.897. The van der Waals surface area contributed by atoms with Crippen molar-refractivity contribution in [3.05, 3.63) is 29.3 Å². The normalized spacial score (nSPS) is 17.2. The number of aryl methyl sites for hydroxylation is 1. The molecule has 2 rings (SSSR count). The molecular weight excluding hydrogens is 280 g/mol. The van der Waals surface area contributed by atoms with Crippen molar-refractivity contribution in [1.29, 1.82) is 0 Å². The van der Waals surface area contributed by atoms with Gasteiger partial charge in [0.1, 0.15) is 5.75 Å². The maximum absolute atomic E-state index is 12.2. The average Bonchev–Trinajstić information content (AvgIpc) is 2.53. The SMILES string of the molecule is COc1cc(C)ccc1CNC(=O)N1CCC(C(C)O)CC1. The van der Waals surface area contributed by atoms with E-state index in [1.54, 1.807) is 7.11 Å². The first-order valence-corrected chi connectivity index (χ1v) is 7.85. The molecule has 1 heterocycles. The van der Waals surface area contributed by atoms with Crippen LogP contribution in [0.5, 0.6) is 5.75 Å². The highest BCUT2D eigenvalue weighted by Gasteiger charge is 2.25. The summed E-state index contributed by atoms with van der Waals surface area (Å²) in [6, 6.07) is 5.91. The van der Waals surface area contributed by atoms with Crippen LogP contribution in [0.25, 0.3) is 0 Å². The molecule has 0 spiro atoms. The molecule has 0 aromatic heterocycles. The Morgan fingerprint density at radius 2 is 2.14 bits per heavy atom. The summed E-state index contributed by atoms with van der Waals surface area (Å²) in [5.41, 5.74) is 2.10. The van der Waals surface area contributed by atoms with E-state index in [9.17, 15) is 9.90 Å². The van der Waals surface area contributed by atoms with E-state index in [1.807, 2.05) is 36.9 Å². The van der Waals surface area contributed by atoms with Gasteiger partial charge in [0.25, 0.3) is 0 Å². The highest BCUT2D eigenvalue weighted by atomic mass is 16.5. The first-order chi connectivity index (χ1) is 10.5. The van der Waals surface area contributed by atoms with E-state index in [0.29, 0.717) is 25.6 Å². The Morgan fingerprint density at radius 1 is 1.45 bits per heavy atom. The van der Waals surface area contributed by atoms with Crippen LogP contribution >= 0.6 is 0 Å². The lowest BCUT2D eigenvalue weighted by Gasteiger charge is -2.33. The molecule has 122 valence electrons. The lowest BCUT2D eigenvalue weighted by molar-refractivity contribution is 0.0798. The van der Waals surface area contributed by atoms with Crippen molar-refractivity contribution in [2.24, 2.45) is 5.92 Å². The molecule has 1 atom stereocenters. The zero-order valence-electron chi connectivity index (χ0n) is 13.6. The summed E-state index contributed by atoms with van der Waals surface area (Å²) in [4.78, 5) is 14.0. The van der Waals surface area contributed by atoms with Crippen molar-refractivity contribution in [3.63, 3.8) is 0 Å². The molecule has 5 nitrogen and oxygen atoms in total. The van der Waals surface area contributed by atoms with Gasteiger partial charge in [-0.25, -0.2) is 4.79 Å². The van der Waals surface area contributed by atoms with Crippen LogP contribution in [0.3, 0.4) is 0 Å². The smallest absolute Gasteiger partial charge is 0.317 e. The third-order valence-corrected chi connectivity index (χ3v) is 4.38. The predicted octanol–water partition coefficient (Wildman–Crippen LogP) is 2.31. The van der Waals surface area contributed by atoms with E-state index >= 15 is 0 Å². The van der Waals surface area contributed by atoms with Gasteiger partial charge >= 0.3 is 6.03 Å². The Hall–Kier alpha value is -1.75. The Labute approximate surface area is 132 Å². The van der Waals surface area contributed by atoms with Crippen LogP contribution in [0.1, 0.15) is 30.9 Å². The fourth-order valence-corrected chi connectivity index (χ4v) is 2.87. The summed E-state index contributed by atoms with van der Waals surface area (Å²) < 4.78 is 5.35. The standard InChI is InChI=1S/C17H26N2O3/c1-12-4-5-15(16(10-12)22-3)11-18-17(21)19-8-6-14(7-9-19)13(2)20/h4-5,10,13-14,20H,6-9,11H2,1-3H3,(H,18,21). The zero-order valence-corrected chi connectivity index (χ0v) is 13.6. The summed E-state index contributed by atoms with van der Waals surface area (Å²) >= 11 is 0. The molecule has 0 aliphatic carbocycles. The van der Waals surface area contributed by atoms with Crippen LogP contribution in [-0.2, 0) is 6.54 Å². The third-order valence-electron chi connectivity index (χ3n) is 4.38. The van der Waals surface area contributed by atoms with E-state index in [0.717, 1.165) is 29.7 Å². The van der Waals surface area contributed by atoms with Crippen LogP contribution < -0.4 is 10.1 Å². The van der Waals surface area contributed by atoms with E-state index in [1.165, 1.54) is 0 Å². The van der Waals surface area contributed by atoms with Crippen LogP contribution in [0.2, 0.25) is 0 Å². The van der Waals surface area contributed by atoms with Crippen LogP contribution in [0.4, 0.5) is 4.79 Å². The molecule has 5 heteroatoms. The fourth-order valence-electron chi connectivity index (χ4n) is 2.87. The van der Waals surface area contributed by atoms with Gasteiger partial charge in [0, 0.05) is 25.2 Å².